The van der Waals surface area contributed by atoms with Gasteiger partial charge in [0, 0.05) is 43.6 Å². The molecule has 11 aromatic rings. The van der Waals surface area contributed by atoms with Gasteiger partial charge in [-0.05, 0) is 41.5 Å². The minimum Gasteiger partial charge on any atom is -0.456 e. The molecule has 0 radical (unpaired) electrons. The Morgan fingerprint density at radius 2 is 1.07 bits per heavy atom. The van der Waals surface area contributed by atoms with E-state index >= 15 is 0 Å². The van der Waals surface area contributed by atoms with Gasteiger partial charge in [0.05, 0.1) is 22.1 Å². The molecule has 1 aliphatic rings. The summed E-state index contributed by atoms with van der Waals surface area (Å²) in [5.41, 5.74) is 11.9. The number of aromatic nitrogens is 1. The van der Waals surface area contributed by atoms with Gasteiger partial charge in [-0.1, -0.05) is 152 Å². The number of aliphatic imine (C=N–C) groups is 1. The topological polar surface area (TPSA) is 67.6 Å². The summed E-state index contributed by atoms with van der Waals surface area (Å²) in [6.45, 7) is 0. The van der Waals surface area contributed by atoms with Gasteiger partial charge < -0.3 is 18.7 Å². The zero-order valence-electron chi connectivity index (χ0n) is 30.7. The van der Waals surface area contributed by atoms with E-state index in [4.69, 9.17) is 13.8 Å². The molecule has 57 heavy (non-hydrogen) atoms. The van der Waals surface area contributed by atoms with Crippen molar-refractivity contribution in [1.82, 2.24) is 15.2 Å². The van der Waals surface area contributed by atoms with Crippen LogP contribution in [0.15, 0.2) is 196 Å². The molecule has 0 saturated heterocycles. The summed E-state index contributed by atoms with van der Waals surface area (Å²) in [6, 6.07) is 63.6. The quantitative estimate of drug-likeness (QED) is 0.185. The SMILES string of the molecule is c1ccc(C2=NC(c3ccccc3)NC(c3cccc4c3oc3c(-c5cccc6oc7cccc(-n8c9ccccc9c9ccccc98)c7c56)cccc34)N2)cc1. The molecule has 0 fully saturated rings. The van der Waals surface area contributed by atoms with Gasteiger partial charge in [-0.3, -0.25) is 5.32 Å². The Hall–Kier alpha value is -7.41. The highest BCUT2D eigenvalue weighted by atomic mass is 16.3. The average molecular weight is 735 g/mol. The lowest BCUT2D eigenvalue weighted by molar-refractivity contribution is 0.408. The number of furan rings is 2. The molecule has 1 aliphatic heterocycles. The molecule has 6 nitrogen and oxygen atoms in total. The Kier molecular flexibility index (Phi) is 7.03. The minimum atomic E-state index is -0.273. The molecular weight excluding hydrogens is 701 g/mol. The summed E-state index contributed by atoms with van der Waals surface area (Å²) >= 11 is 0. The number of para-hydroxylation sites is 4. The maximum absolute atomic E-state index is 7.10. The Balaban J connectivity index is 1.06. The van der Waals surface area contributed by atoms with Crippen LogP contribution in [-0.4, -0.2) is 10.4 Å². The number of hydrogen-bond acceptors (Lipinski definition) is 5. The number of benzene rings is 8. The third-order valence-corrected chi connectivity index (χ3v) is 11.5. The van der Waals surface area contributed by atoms with Crippen LogP contribution < -0.4 is 10.6 Å². The molecule has 12 rings (SSSR count). The standard InChI is InChI=1S/C51H34N4O2/c1-3-15-31(16-4-1)49-52-50(32-17-5-2-6-18-32)54-51(53-49)39-25-12-24-38-37-23-11-22-36(47(37)57-48(38)39)35-21-13-29-43-45(35)46-42(28-14-30-44(46)56-43)55-40-26-9-7-19-33(40)34-20-8-10-27-41(34)55/h1-30,49,51,53H,(H,52,54). The van der Waals surface area contributed by atoms with E-state index in [-0.39, 0.29) is 12.3 Å². The number of fused-ring (bicyclic) bond motifs is 9. The van der Waals surface area contributed by atoms with Gasteiger partial charge in [0.15, 0.2) is 0 Å². The first-order valence-corrected chi connectivity index (χ1v) is 19.4. The molecule has 0 spiro atoms. The highest BCUT2D eigenvalue weighted by Crippen LogP contribution is 2.45. The van der Waals surface area contributed by atoms with E-state index in [2.05, 4.69) is 173 Å². The lowest BCUT2D eigenvalue weighted by atomic mass is 9.96. The molecule has 270 valence electrons. The molecule has 0 aliphatic carbocycles. The maximum atomic E-state index is 7.10. The monoisotopic (exact) mass is 734 g/mol. The molecule has 6 heteroatoms. The van der Waals surface area contributed by atoms with E-state index in [1.54, 1.807) is 0 Å². The van der Waals surface area contributed by atoms with Crippen LogP contribution in [0.1, 0.15) is 29.0 Å². The highest BCUT2D eigenvalue weighted by molar-refractivity contribution is 6.20. The minimum absolute atomic E-state index is 0.251. The van der Waals surface area contributed by atoms with Crippen LogP contribution in [0.2, 0.25) is 0 Å². The fraction of sp³-hybridized carbons (Fsp3) is 0.0392. The Morgan fingerprint density at radius 3 is 1.84 bits per heavy atom. The van der Waals surface area contributed by atoms with Crippen molar-refractivity contribution in [2.24, 2.45) is 4.99 Å². The molecule has 0 amide bonds. The highest BCUT2D eigenvalue weighted by Gasteiger charge is 2.29. The van der Waals surface area contributed by atoms with Gasteiger partial charge in [-0.2, -0.15) is 0 Å². The van der Waals surface area contributed by atoms with Crippen LogP contribution in [0.4, 0.5) is 0 Å². The number of rotatable bonds is 5. The normalized spacial score (nSPS) is 15.9. The molecule has 3 aromatic heterocycles. The van der Waals surface area contributed by atoms with Gasteiger partial charge in [-0.15, -0.1) is 0 Å². The Morgan fingerprint density at radius 1 is 0.474 bits per heavy atom. The van der Waals surface area contributed by atoms with Crippen molar-refractivity contribution in [3.05, 3.63) is 199 Å². The first kappa shape index (κ1) is 31.9. The first-order valence-electron chi connectivity index (χ1n) is 19.4. The molecule has 2 unspecified atom stereocenters. The van der Waals surface area contributed by atoms with E-state index in [1.165, 1.54) is 10.8 Å². The third-order valence-electron chi connectivity index (χ3n) is 11.5. The second kappa shape index (κ2) is 12.6. The molecular formula is C51H34N4O2. The van der Waals surface area contributed by atoms with Crippen molar-refractivity contribution in [2.45, 2.75) is 12.3 Å². The average Bonchev–Trinajstić information content (AvgIpc) is 3.97. The smallest absolute Gasteiger partial charge is 0.143 e. The summed E-state index contributed by atoms with van der Waals surface area (Å²) in [5, 5.41) is 14.2. The Bertz CT molecular complexity index is 3320. The summed E-state index contributed by atoms with van der Waals surface area (Å²) in [5.74, 6) is 0.833. The molecule has 0 bridgehead atoms. The molecule has 2 N–H and O–H groups in total. The number of nitrogens with one attached hydrogen (secondary N) is 2. The van der Waals surface area contributed by atoms with Crippen molar-refractivity contribution < 1.29 is 8.83 Å². The van der Waals surface area contributed by atoms with E-state index in [0.29, 0.717) is 0 Å². The number of amidine groups is 1. The predicted octanol–water partition coefficient (Wildman–Crippen LogP) is 12.6. The van der Waals surface area contributed by atoms with Crippen LogP contribution >= 0.6 is 0 Å². The second-order valence-electron chi connectivity index (χ2n) is 14.7. The maximum Gasteiger partial charge on any atom is 0.143 e. The lowest BCUT2D eigenvalue weighted by Crippen LogP contribution is -2.45. The zero-order chi connectivity index (χ0) is 37.5. The largest absolute Gasteiger partial charge is 0.456 e. The van der Waals surface area contributed by atoms with Crippen molar-refractivity contribution >= 4 is 71.5 Å². The van der Waals surface area contributed by atoms with Gasteiger partial charge in [0.25, 0.3) is 0 Å². The van der Waals surface area contributed by atoms with Crippen LogP contribution in [0.25, 0.3) is 82.5 Å². The Labute approximate surface area is 327 Å². The van der Waals surface area contributed by atoms with Crippen LogP contribution in [-0.2, 0) is 0 Å². The first-order chi connectivity index (χ1) is 28.3. The fourth-order valence-electron chi connectivity index (χ4n) is 8.99. The van der Waals surface area contributed by atoms with Crippen LogP contribution in [0, 0.1) is 0 Å². The van der Waals surface area contributed by atoms with Crippen molar-refractivity contribution in [3.63, 3.8) is 0 Å². The van der Waals surface area contributed by atoms with E-state index in [0.717, 1.165) is 94.3 Å². The van der Waals surface area contributed by atoms with Crippen LogP contribution in [0.5, 0.6) is 0 Å². The van der Waals surface area contributed by atoms with Crippen molar-refractivity contribution in [1.29, 1.82) is 0 Å². The van der Waals surface area contributed by atoms with Gasteiger partial charge >= 0.3 is 0 Å². The summed E-state index contributed by atoms with van der Waals surface area (Å²) < 4.78 is 16.2. The van der Waals surface area contributed by atoms with Crippen LogP contribution in [0.3, 0.4) is 0 Å². The fourth-order valence-corrected chi connectivity index (χ4v) is 8.99. The van der Waals surface area contributed by atoms with Gasteiger partial charge in [0.1, 0.15) is 40.5 Å². The van der Waals surface area contributed by atoms with Gasteiger partial charge in [0.2, 0.25) is 0 Å². The van der Waals surface area contributed by atoms with Crippen molar-refractivity contribution in [3.8, 4) is 16.8 Å². The summed E-state index contributed by atoms with van der Waals surface area (Å²) in [7, 11) is 0. The molecule has 0 saturated carbocycles. The molecule has 2 atom stereocenters. The summed E-state index contributed by atoms with van der Waals surface area (Å²) in [4.78, 5) is 5.14. The summed E-state index contributed by atoms with van der Waals surface area (Å²) in [6.07, 6.45) is -0.524. The van der Waals surface area contributed by atoms with E-state index in [1.807, 2.05) is 24.3 Å². The van der Waals surface area contributed by atoms with E-state index in [9.17, 15) is 0 Å². The molecule has 4 heterocycles. The third kappa shape index (κ3) is 4.91. The predicted molar refractivity (Wildman–Crippen MR) is 232 cm³/mol. The number of hydrogen-bond donors (Lipinski definition) is 2. The number of nitrogens with zero attached hydrogens (tertiary/aromatic N) is 2. The van der Waals surface area contributed by atoms with Crippen molar-refractivity contribution in [2.75, 3.05) is 0 Å². The lowest BCUT2D eigenvalue weighted by Gasteiger charge is -2.32. The second-order valence-corrected chi connectivity index (χ2v) is 14.7. The zero-order valence-corrected chi connectivity index (χ0v) is 30.7. The van der Waals surface area contributed by atoms with Gasteiger partial charge in [-0.25, -0.2) is 4.99 Å². The molecule has 8 aromatic carbocycles. The van der Waals surface area contributed by atoms with E-state index < -0.39 is 0 Å².